The molecule has 0 aliphatic heterocycles. The van der Waals surface area contributed by atoms with Gasteiger partial charge in [-0.3, -0.25) is 9.59 Å². The van der Waals surface area contributed by atoms with Gasteiger partial charge in [-0.2, -0.15) is 0 Å². The zero-order chi connectivity index (χ0) is 14.4. The molecule has 0 unspecified atom stereocenters. The first-order chi connectivity index (χ1) is 8.97. The second-order valence-electron chi connectivity index (χ2n) is 4.01. The lowest BCUT2D eigenvalue weighted by Gasteiger charge is -2.17. The van der Waals surface area contributed by atoms with Crippen LogP contribution in [0.15, 0.2) is 18.2 Å². The Kier molecular flexibility index (Phi) is 5.36. The van der Waals surface area contributed by atoms with Gasteiger partial charge in [-0.05, 0) is 24.1 Å². The summed E-state index contributed by atoms with van der Waals surface area (Å²) in [4.78, 5) is 22.0. The average molecular weight is 266 g/mol. The Balaban J connectivity index is 3.03. The fourth-order valence-corrected chi connectivity index (χ4v) is 1.71. The van der Waals surface area contributed by atoms with Crippen LogP contribution in [0.25, 0.3) is 0 Å². The highest BCUT2D eigenvalue weighted by atomic mass is 16.6. The number of carbonyl (C=O) groups excluding carboxylic acids is 2. The van der Waals surface area contributed by atoms with Crippen molar-refractivity contribution >= 4 is 11.9 Å². The number of ether oxygens (including phenoxy) is 3. The van der Waals surface area contributed by atoms with Crippen LogP contribution < -0.4 is 9.47 Å². The van der Waals surface area contributed by atoms with Gasteiger partial charge in [0.05, 0.1) is 7.11 Å². The van der Waals surface area contributed by atoms with E-state index in [0.29, 0.717) is 17.9 Å². The Bertz CT molecular complexity index is 467. The summed E-state index contributed by atoms with van der Waals surface area (Å²) in [6, 6.07) is 5.08. The molecule has 0 spiro atoms. The van der Waals surface area contributed by atoms with Crippen molar-refractivity contribution in [2.24, 2.45) is 0 Å². The molecule has 5 nitrogen and oxygen atoms in total. The van der Waals surface area contributed by atoms with E-state index < -0.39 is 5.97 Å². The molecule has 0 fully saturated rings. The monoisotopic (exact) mass is 266 g/mol. The zero-order valence-corrected chi connectivity index (χ0v) is 11.6. The van der Waals surface area contributed by atoms with E-state index in [9.17, 15) is 9.59 Å². The van der Waals surface area contributed by atoms with Crippen molar-refractivity contribution in [1.82, 2.24) is 0 Å². The molecule has 0 bridgehead atoms. The highest BCUT2D eigenvalue weighted by Gasteiger charge is 2.16. The van der Waals surface area contributed by atoms with Crippen molar-refractivity contribution in [2.45, 2.75) is 33.3 Å². The smallest absolute Gasteiger partial charge is 0.308 e. The topological polar surface area (TPSA) is 61.8 Å². The van der Waals surface area contributed by atoms with Crippen LogP contribution in [0.1, 0.15) is 38.9 Å². The summed E-state index contributed by atoms with van der Waals surface area (Å²) < 4.78 is 15.4. The predicted molar refractivity (Wildman–Crippen MR) is 69.1 cm³/mol. The van der Waals surface area contributed by atoms with Gasteiger partial charge in [0.1, 0.15) is 6.10 Å². The lowest BCUT2D eigenvalue weighted by Crippen LogP contribution is -2.08. The van der Waals surface area contributed by atoms with Crippen LogP contribution in [-0.2, 0) is 14.3 Å². The lowest BCUT2D eigenvalue weighted by molar-refractivity contribution is -0.146. The molecule has 0 amide bonds. The second-order valence-corrected chi connectivity index (χ2v) is 4.01. The molecule has 19 heavy (non-hydrogen) atoms. The Hall–Kier alpha value is -2.04. The molecule has 0 aliphatic rings. The van der Waals surface area contributed by atoms with Crippen LogP contribution in [-0.4, -0.2) is 19.0 Å². The summed E-state index contributed by atoms with van der Waals surface area (Å²) in [7, 11) is 1.49. The number of rotatable bonds is 5. The Morgan fingerprint density at radius 1 is 1.16 bits per heavy atom. The molecule has 0 saturated heterocycles. The maximum atomic E-state index is 11.0. The number of methoxy groups -OCH3 is 1. The molecule has 0 N–H and O–H groups in total. The van der Waals surface area contributed by atoms with Gasteiger partial charge in [0.25, 0.3) is 0 Å². The summed E-state index contributed by atoms with van der Waals surface area (Å²) in [5, 5.41) is 0. The number of carbonyl (C=O) groups is 2. The largest absolute Gasteiger partial charge is 0.493 e. The highest BCUT2D eigenvalue weighted by molar-refractivity contribution is 5.70. The quantitative estimate of drug-likeness (QED) is 0.605. The molecule has 104 valence electrons. The minimum absolute atomic E-state index is 0.335. The molecule has 0 aliphatic carbocycles. The van der Waals surface area contributed by atoms with E-state index in [1.165, 1.54) is 21.0 Å². The summed E-state index contributed by atoms with van der Waals surface area (Å²) in [5.74, 6) is 0.0164. The third kappa shape index (κ3) is 4.28. The standard InChI is InChI=1S/C14H18O5/c1-5-12(18-9(2)15)11-6-7-13(19-10(3)16)14(8-11)17-4/h6-8,12H,5H2,1-4H3/t12-/m1/s1. The summed E-state index contributed by atoms with van der Waals surface area (Å²) >= 11 is 0. The van der Waals surface area contributed by atoms with Crippen LogP contribution in [0.2, 0.25) is 0 Å². The first-order valence-electron chi connectivity index (χ1n) is 6.01. The molecule has 0 saturated carbocycles. The van der Waals surface area contributed by atoms with E-state index in [0.717, 1.165) is 5.56 Å². The molecule has 0 heterocycles. The maximum absolute atomic E-state index is 11.0. The van der Waals surface area contributed by atoms with Gasteiger partial charge in [0, 0.05) is 13.8 Å². The molecule has 5 heteroatoms. The fraction of sp³-hybridized carbons (Fsp3) is 0.429. The van der Waals surface area contributed by atoms with E-state index in [2.05, 4.69) is 0 Å². The van der Waals surface area contributed by atoms with Crippen molar-refractivity contribution < 1.29 is 23.8 Å². The predicted octanol–water partition coefficient (Wildman–Crippen LogP) is 2.63. The number of benzene rings is 1. The van der Waals surface area contributed by atoms with E-state index in [-0.39, 0.29) is 12.1 Å². The molecule has 1 rings (SSSR count). The minimum Gasteiger partial charge on any atom is -0.493 e. The third-order valence-electron chi connectivity index (χ3n) is 2.49. The van der Waals surface area contributed by atoms with Gasteiger partial charge in [0.15, 0.2) is 11.5 Å². The Morgan fingerprint density at radius 3 is 2.32 bits per heavy atom. The summed E-state index contributed by atoms with van der Waals surface area (Å²) in [5.41, 5.74) is 0.797. The molecular formula is C14H18O5. The van der Waals surface area contributed by atoms with Crippen LogP contribution in [0.3, 0.4) is 0 Å². The van der Waals surface area contributed by atoms with E-state index in [1.54, 1.807) is 18.2 Å². The van der Waals surface area contributed by atoms with Crippen molar-refractivity contribution in [1.29, 1.82) is 0 Å². The molecule has 1 aromatic carbocycles. The second kappa shape index (κ2) is 6.78. The molecule has 0 radical (unpaired) electrons. The lowest BCUT2D eigenvalue weighted by atomic mass is 10.1. The third-order valence-corrected chi connectivity index (χ3v) is 2.49. The van der Waals surface area contributed by atoms with Crippen LogP contribution in [0.5, 0.6) is 11.5 Å². The normalized spacial score (nSPS) is 11.6. The van der Waals surface area contributed by atoms with E-state index in [1.807, 2.05) is 6.92 Å². The molecular weight excluding hydrogens is 248 g/mol. The van der Waals surface area contributed by atoms with Gasteiger partial charge < -0.3 is 14.2 Å². The Labute approximate surface area is 112 Å². The maximum Gasteiger partial charge on any atom is 0.308 e. The zero-order valence-electron chi connectivity index (χ0n) is 11.6. The summed E-state index contributed by atoms with van der Waals surface area (Å²) in [6.45, 7) is 4.61. The first-order valence-corrected chi connectivity index (χ1v) is 6.01. The SMILES string of the molecule is CC[C@@H](OC(C)=O)c1ccc(OC(C)=O)c(OC)c1. The highest BCUT2D eigenvalue weighted by Crippen LogP contribution is 2.32. The van der Waals surface area contributed by atoms with E-state index >= 15 is 0 Å². The van der Waals surface area contributed by atoms with Crippen molar-refractivity contribution in [2.75, 3.05) is 7.11 Å². The van der Waals surface area contributed by atoms with Crippen molar-refractivity contribution in [3.8, 4) is 11.5 Å². The minimum atomic E-state index is -0.418. The van der Waals surface area contributed by atoms with Crippen LogP contribution in [0, 0.1) is 0 Å². The van der Waals surface area contributed by atoms with Crippen molar-refractivity contribution in [3.63, 3.8) is 0 Å². The van der Waals surface area contributed by atoms with E-state index in [4.69, 9.17) is 14.2 Å². The molecule has 1 atom stereocenters. The number of hydrogen-bond acceptors (Lipinski definition) is 5. The Morgan fingerprint density at radius 2 is 1.84 bits per heavy atom. The number of esters is 2. The fourth-order valence-electron chi connectivity index (χ4n) is 1.71. The van der Waals surface area contributed by atoms with Gasteiger partial charge in [-0.15, -0.1) is 0 Å². The molecule has 1 aromatic rings. The molecule has 0 aromatic heterocycles. The van der Waals surface area contributed by atoms with Crippen molar-refractivity contribution in [3.05, 3.63) is 23.8 Å². The average Bonchev–Trinajstić information content (AvgIpc) is 2.35. The van der Waals surface area contributed by atoms with Gasteiger partial charge in [0.2, 0.25) is 0 Å². The van der Waals surface area contributed by atoms with Gasteiger partial charge >= 0.3 is 11.9 Å². The van der Waals surface area contributed by atoms with Crippen LogP contribution in [0.4, 0.5) is 0 Å². The summed E-state index contributed by atoms with van der Waals surface area (Å²) in [6.07, 6.45) is 0.313. The van der Waals surface area contributed by atoms with Gasteiger partial charge in [-0.1, -0.05) is 13.0 Å². The number of hydrogen-bond donors (Lipinski definition) is 0. The first kappa shape index (κ1) is 15.0. The van der Waals surface area contributed by atoms with Gasteiger partial charge in [-0.25, -0.2) is 0 Å². The van der Waals surface area contributed by atoms with Crippen LogP contribution >= 0.6 is 0 Å².